The summed E-state index contributed by atoms with van der Waals surface area (Å²) in [4.78, 5) is 19.4. The highest BCUT2D eigenvalue weighted by Gasteiger charge is 2.36. The van der Waals surface area contributed by atoms with Gasteiger partial charge >= 0.3 is 6.03 Å². The zero-order valence-corrected chi connectivity index (χ0v) is 19.6. The molecule has 0 radical (unpaired) electrons. The first kappa shape index (κ1) is 22.6. The van der Waals surface area contributed by atoms with E-state index >= 15 is 0 Å². The largest absolute Gasteiger partial charge is 0.495 e. The van der Waals surface area contributed by atoms with Crippen molar-refractivity contribution in [3.05, 3.63) is 101 Å². The maximum atomic E-state index is 13.4. The number of amides is 2. The number of nitrogens with one attached hydrogen (secondary N) is 1. The Morgan fingerprint density at radius 3 is 2.51 bits per heavy atom. The zero-order chi connectivity index (χ0) is 24.5. The van der Waals surface area contributed by atoms with Crippen molar-refractivity contribution in [1.82, 2.24) is 15.5 Å². The van der Waals surface area contributed by atoms with E-state index in [1.807, 2.05) is 37.3 Å². The van der Waals surface area contributed by atoms with Gasteiger partial charge in [-0.25, -0.2) is 9.18 Å². The van der Waals surface area contributed by atoms with Crippen molar-refractivity contribution in [3.63, 3.8) is 0 Å². The monoisotopic (exact) mass is 490 g/mol. The van der Waals surface area contributed by atoms with E-state index in [2.05, 4.69) is 15.5 Å². The summed E-state index contributed by atoms with van der Waals surface area (Å²) >= 11 is 6.34. The van der Waals surface area contributed by atoms with Gasteiger partial charge in [0.25, 0.3) is 5.89 Å². The average Bonchev–Trinajstić information content (AvgIpc) is 3.34. The van der Waals surface area contributed by atoms with E-state index in [0.29, 0.717) is 39.1 Å². The fraction of sp³-hybridized carbons (Fsp3) is 0.115. The van der Waals surface area contributed by atoms with Crippen LogP contribution in [0.1, 0.15) is 24.4 Å². The molecular weight excluding hydrogens is 471 g/mol. The molecule has 0 aliphatic carbocycles. The van der Waals surface area contributed by atoms with Crippen molar-refractivity contribution < 1.29 is 18.4 Å². The molecule has 1 aliphatic rings. The molecule has 1 aromatic heterocycles. The van der Waals surface area contributed by atoms with Gasteiger partial charge in [-0.1, -0.05) is 47.1 Å². The molecule has 0 saturated heterocycles. The van der Waals surface area contributed by atoms with Crippen LogP contribution in [0.3, 0.4) is 0 Å². The van der Waals surface area contributed by atoms with Gasteiger partial charge < -0.3 is 14.6 Å². The van der Waals surface area contributed by atoms with Crippen molar-refractivity contribution in [2.75, 3.05) is 12.0 Å². The minimum atomic E-state index is -0.532. The van der Waals surface area contributed by atoms with Crippen molar-refractivity contribution in [2.24, 2.45) is 0 Å². The van der Waals surface area contributed by atoms with Gasteiger partial charge in [0.2, 0.25) is 5.82 Å². The summed E-state index contributed by atoms with van der Waals surface area (Å²) in [7, 11) is 1.52. The predicted molar refractivity (Wildman–Crippen MR) is 130 cm³/mol. The molecule has 9 heteroatoms. The van der Waals surface area contributed by atoms with Crippen LogP contribution in [0, 0.1) is 5.82 Å². The summed E-state index contributed by atoms with van der Waals surface area (Å²) in [5, 5.41) is 7.51. The Labute approximate surface area is 205 Å². The highest BCUT2D eigenvalue weighted by Crippen LogP contribution is 2.40. The molecule has 0 bridgehead atoms. The third kappa shape index (κ3) is 4.24. The first-order valence-electron chi connectivity index (χ1n) is 10.8. The van der Waals surface area contributed by atoms with Crippen LogP contribution < -0.4 is 15.0 Å². The summed E-state index contributed by atoms with van der Waals surface area (Å²) < 4.78 is 24.3. The molecule has 3 aromatic carbocycles. The number of hydrogen-bond donors (Lipinski definition) is 1. The van der Waals surface area contributed by atoms with Gasteiger partial charge in [-0.2, -0.15) is 4.98 Å². The van der Waals surface area contributed by atoms with Gasteiger partial charge in [0.1, 0.15) is 11.6 Å². The van der Waals surface area contributed by atoms with Crippen LogP contribution in [0.15, 0.2) is 83.0 Å². The molecule has 1 unspecified atom stereocenters. The maximum Gasteiger partial charge on any atom is 0.326 e. The summed E-state index contributed by atoms with van der Waals surface area (Å²) in [6.07, 6.45) is 0. The van der Waals surface area contributed by atoms with Crippen LogP contribution in [-0.4, -0.2) is 23.3 Å². The standard InChI is InChI=1S/C26H20ClFN4O3/c1-15-22(25-30-24(31-35-25)17-8-10-18(28)11-9-17)23(16-6-4-3-5-7-16)29-26(33)32(15)19-12-13-21(34-2)20(27)14-19/h3-14,23H,1-2H3,(H,29,33). The number of allylic oxidation sites excluding steroid dienone is 1. The highest BCUT2D eigenvalue weighted by atomic mass is 35.5. The quantitative estimate of drug-likeness (QED) is 0.358. The molecule has 5 rings (SSSR count). The lowest BCUT2D eigenvalue weighted by molar-refractivity contribution is 0.244. The SMILES string of the molecule is COc1ccc(N2C(=O)NC(c3ccccc3)C(c3nc(-c4ccc(F)cc4)no3)=C2C)cc1Cl. The van der Waals surface area contributed by atoms with E-state index < -0.39 is 6.04 Å². The minimum absolute atomic E-state index is 0.236. The fourth-order valence-electron chi connectivity index (χ4n) is 4.07. The summed E-state index contributed by atoms with van der Waals surface area (Å²) in [5.41, 5.74) is 3.23. The van der Waals surface area contributed by atoms with Gasteiger partial charge in [0.05, 0.1) is 29.4 Å². The van der Waals surface area contributed by atoms with Gasteiger partial charge in [0, 0.05) is 11.3 Å². The van der Waals surface area contributed by atoms with E-state index in [-0.39, 0.29) is 17.7 Å². The Bertz CT molecular complexity index is 1420. The Balaban J connectivity index is 1.64. The van der Waals surface area contributed by atoms with E-state index in [1.165, 1.54) is 24.1 Å². The number of carbonyl (C=O) groups excluding carboxylic acids is 1. The summed E-state index contributed by atoms with van der Waals surface area (Å²) in [6, 6.07) is 19.5. The van der Waals surface area contributed by atoms with Crippen LogP contribution in [0.25, 0.3) is 17.0 Å². The van der Waals surface area contributed by atoms with Gasteiger partial charge in [-0.15, -0.1) is 0 Å². The predicted octanol–water partition coefficient (Wildman–Crippen LogP) is 6.24. The molecule has 0 saturated carbocycles. The van der Waals surface area contributed by atoms with Crippen LogP contribution in [-0.2, 0) is 0 Å². The first-order chi connectivity index (χ1) is 17.0. The van der Waals surface area contributed by atoms with Crippen molar-refractivity contribution >= 4 is 28.9 Å². The first-order valence-corrected chi connectivity index (χ1v) is 11.1. The van der Waals surface area contributed by atoms with E-state index in [1.54, 1.807) is 30.3 Å². The lowest BCUT2D eigenvalue weighted by atomic mass is 9.94. The number of halogens is 2. The highest BCUT2D eigenvalue weighted by molar-refractivity contribution is 6.32. The topological polar surface area (TPSA) is 80.5 Å². The average molecular weight is 491 g/mol. The molecule has 35 heavy (non-hydrogen) atoms. The Kier molecular flexibility index (Phi) is 5.96. The van der Waals surface area contributed by atoms with Gasteiger partial charge in [-0.05, 0) is 55.0 Å². The molecule has 0 spiro atoms. The number of urea groups is 1. The molecule has 7 nitrogen and oxygen atoms in total. The zero-order valence-electron chi connectivity index (χ0n) is 18.8. The number of methoxy groups -OCH3 is 1. The van der Waals surface area contributed by atoms with Crippen LogP contribution >= 0.6 is 11.6 Å². The molecule has 176 valence electrons. The minimum Gasteiger partial charge on any atom is -0.495 e. The van der Waals surface area contributed by atoms with E-state index in [4.69, 9.17) is 20.9 Å². The molecule has 2 heterocycles. The number of hydrogen-bond acceptors (Lipinski definition) is 5. The number of benzene rings is 3. The normalized spacial score (nSPS) is 15.8. The van der Waals surface area contributed by atoms with Gasteiger partial charge in [-0.3, -0.25) is 4.90 Å². The Morgan fingerprint density at radius 1 is 1.09 bits per heavy atom. The van der Waals surface area contributed by atoms with Crippen LogP contribution in [0.5, 0.6) is 5.75 Å². The molecule has 0 fully saturated rings. The molecule has 1 aliphatic heterocycles. The number of nitrogens with zero attached hydrogens (tertiary/aromatic N) is 3. The maximum absolute atomic E-state index is 13.4. The summed E-state index contributed by atoms with van der Waals surface area (Å²) in [5.74, 6) is 0.685. The second kappa shape index (κ2) is 9.23. The van der Waals surface area contributed by atoms with Crippen LogP contribution in [0.2, 0.25) is 5.02 Å². The number of ether oxygens (including phenoxy) is 1. The molecular formula is C26H20ClFN4O3. The Hall–Kier alpha value is -4.17. The smallest absolute Gasteiger partial charge is 0.326 e. The second-order valence-electron chi connectivity index (χ2n) is 7.88. The fourth-order valence-corrected chi connectivity index (χ4v) is 4.32. The number of carbonyl (C=O) groups is 1. The molecule has 1 atom stereocenters. The lowest BCUT2D eigenvalue weighted by Crippen LogP contribution is -2.46. The Morgan fingerprint density at radius 2 is 1.83 bits per heavy atom. The lowest BCUT2D eigenvalue weighted by Gasteiger charge is -2.35. The molecule has 4 aromatic rings. The second-order valence-corrected chi connectivity index (χ2v) is 8.28. The number of aromatic nitrogens is 2. The third-order valence-corrected chi connectivity index (χ3v) is 6.07. The third-order valence-electron chi connectivity index (χ3n) is 5.77. The molecule has 1 N–H and O–H groups in total. The van der Waals surface area contributed by atoms with Crippen LogP contribution in [0.4, 0.5) is 14.9 Å². The number of anilines is 1. The van der Waals surface area contributed by atoms with Crippen molar-refractivity contribution in [3.8, 4) is 17.1 Å². The van der Waals surface area contributed by atoms with E-state index in [9.17, 15) is 9.18 Å². The van der Waals surface area contributed by atoms with Crippen molar-refractivity contribution in [2.45, 2.75) is 13.0 Å². The van der Waals surface area contributed by atoms with E-state index in [0.717, 1.165) is 5.56 Å². The molecule has 2 amide bonds. The van der Waals surface area contributed by atoms with Crippen molar-refractivity contribution in [1.29, 1.82) is 0 Å². The number of rotatable bonds is 5. The summed E-state index contributed by atoms with van der Waals surface area (Å²) in [6.45, 7) is 1.81. The van der Waals surface area contributed by atoms with Gasteiger partial charge in [0.15, 0.2) is 0 Å².